The molecule has 1 heterocycles. The van der Waals surface area contributed by atoms with Gasteiger partial charge in [0.15, 0.2) is 3.92 Å². The number of halogens is 2. The molecule has 0 spiro atoms. The molecule has 0 aliphatic carbocycles. The summed E-state index contributed by atoms with van der Waals surface area (Å²) < 4.78 is 1.18. The highest BCUT2D eigenvalue weighted by molar-refractivity contribution is 9.11. The molecule has 2 nitrogen and oxygen atoms in total. The van der Waals surface area contributed by atoms with Crippen molar-refractivity contribution < 1.29 is 0 Å². The number of aromatic nitrogens is 2. The van der Waals surface area contributed by atoms with Crippen molar-refractivity contribution in [2.45, 2.75) is 0 Å². The van der Waals surface area contributed by atoms with Crippen LogP contribution < -0.4 is 0 Å². The molecule has 0 radical (unpaired) electrons. The lowest BCUT2D eigenvalue weighted by Crippen LogP contribution is -1.61. The molecule has 0 atom stereocenters. The normalized spacial score (nSPS) is 9.43. The van der Waals surface area contributed by atoms with Gasteiger partial charge in [0, 0.05) is 0 Å². The summed E-state index contributed by atoms with van der Waals surface area (Å²) in [6, 6.07) is 0. The zero-order valence-electron chi connectivity index (χ0n) is 3.06. The molecule has 0 N–H and O–H groups in total. The smallest absolute Gasteiger partial charge is 0.130 e. The summed E-state index contributed by atoms with van der Waals surface area (Å²) in [4.78, 5) is 0. The minimum Gasteiger partial charge on any atom is -0.130 e. The third kappa shape index (κ3) is 1.36. The fourth-order valence-corrected chi connectivity index (χ4v) is 1.57. The molecule has 0 amide bonds. The van der Waals surface area contributed by atoms with Gasteiger partial charge in [0.2, 0.25) is 4.47 Å². The van der Waals surface area contributed by atoms with Gasteiger partial charge >= 0.3 is 0 Å². The Morgan fingerprint density at radius 2 is 2.29 bits per heavy atom. The predicted molar refractivity (Wildman–Crippen MR) is 32.6 cm³/mol. The van der Waals surface area contributed by atoms with Gasteiger partial charge in [0.05, 0.1) is 0 Å². The maximum atomic E-state index is 5.38. The molecule has 38 valence electrons. The maximum Gasteiger partial charge on any atom is 0.208 e. The standard InChI is InChI=1S/C2BrClN2S/c3-1-5-6-2(4)7-1. The van der Waals surface area contributed by atoms with Crippen molar-refractivity contribution in [2.24, 2.45) is 0 Å². The SMILES string of the molecule is Clc1nnc(Br)s1. The third-order valence-corrected chi connectivity index (χ3v) is 1.83. The van der Waals surface area contributed by atoms with Crippen LogP contribution in [0.25, 0.3) is 0 Å². The average molecular weight is 199 g/mol. The average Bonchev–Trinajstić information content (AvgIpc) is 1.87. The number of nitrogens with zero attached hydrogens (tertiary/aromatic N) is 2. The van der Waals surface area contributed by atoms with E-state index in [-0.39, 0.29) is 0 Å². The number of rotatable bonds is 0. The Kier molecular flexibility index (Phi) is 1.61. The first-order chi connectivity index (χ1) is 3.29. The molecule has 0 saturated carbocycles. The molecule has 0 unspecified atom stereocenters. The second kappa shape index (κ2) is 2.07. The summed E-state index contributed by atoms with van der Waals surface area (Å²) in [5.41, 5.74) is 0. The van der Waals surface area contributed by atoms with E-state index in [2.05, 4.69) is 26.1 Å². The maximum absolute atomic E-state index is 5.38. The summed E-state index contributed by atoms with van der Waals surface area (Å²) in [6.45, 7) is 0. The number of hydrogen-bond donors (Lipinski definition) is 0. The molecule has 5 heteroatoms. The molecule has 0 bridgehead atoms. The highest BCUT2D eigenvalue weighted by Crippen LogP contribution is 2.19. The first kappa shape index (κ1) is 5.47. The van der Waals surface area contributed by atoms with Gasteiger partial charge < -0.3 is 0 Å². The zero-order chi connectivity index (χ0) is 5.28. The lowest BCUT2D eigenvalue weighted by molar-refractivity contribution is 1.07. The Balaban J connectivity index is 3.04. The van der Waals surface area contributed by atoms with Crippen LogP contribution in [-0.4, -0.2) is 10.2 Å². The van der Waals surface area contributed by atoms with Gasteiger partial charge in [0.25, 0.3) is 0 Å². The van der Waals surface area contributed by atoms with Crippen molar-refractivity contribution in [1.82, 2.24) is 10.2 Å². The van der Waals surface area contributed by atoms with Crippen LogP contribution in [0.4, 0.5) is 0 Å². The Bertz CT molecular complexity index is 148. The van der Waals surface area contributed by atoms with E-state index in [4.69, 9.17) is 11.6 Å². The van der Waals surface area contributed by atoms with Gasteiger partial charge in [-0.1, -0.05) is 11.3 Å². The Hall–Kier alpha value is 0.330. The first-order valence-corrected chi connectivity index (χ1v) is 3.42. The molecule has 0 aliphatic rings. The van der Waals surface area contributed by atoms with Crippen molar-refractivity contribution in [2.75, 3.05) is 0 Å². The molecule has 0 saturated heterocycles. The van der Waals surface area contributed by atoms with Gasteiger partial charge in [-0.2, -0.15) is 0 Å². The van der Waals surface area contributed by atoms with Gasteiger partial charge in [-0.15, -0.1) is 10.2 Å². The van der Waals surface area contributed by atoms with E-state index in [0.717, 1.165) is 3.92 Å². The molecule has 0 fully saturated rings. The lowest BCUT2D eigenvalue weighted by Gasteiger charge is -1.60. The van der Waals surface area contributed by atoms with E-state index in [0.29, 0.717) is 4.47 Å². The molecule has 0 aliphatic heterocycles. The van der Waals surface area contributed by atoms with Crippen LogP contribution in [0.3, 0.4) is 0 Å². The molecule has 1 aromatic heterocycles. The third-order valence-electron chi connectivity index (χ3n) is 0.376. The quantitative estimate of drug-likeness (QED) is 0.638. The van der Waals surface area contributed by atoms with Crippen molar-refractivity contribution in [1.29, 1.82) is 0 Å². The minimum atomic E-state index is 0.465. The van der Waals surface area contributed by atoms with Gasteiger partial charge in [-0.05, 0) is 27.5 Å². The Morgan fingerprint density at radius 3 is 2.43 bits per heavy atom. The molecule has 1 rings (SSSR count). The lowest BCUT2D eigenvalue weighted by atomic mass is 11.6. The molecular formula is C2BrClN2S. The van der Waals surface area contributed by atoms with Gasteiger partial charge in [-0.3, -0.25) is 0 Å². The summed E-state index contributed by atoms with van der Waals surface area (Å²) in [6.07, 6.45) is 0. The van der Waals surface area contributed by atoms with E-state index in [1.165, 1.54) is 11.3 Å². The summed E-state index contributed by atoms with van der Waals surface area (Å²) >= 11 is 9.77. The first-order valence-electron chi connectivity index (χ1n) is 1.43. The largest absolute Gasteiger partial charge is 0.208 e. The van der Waals surface area contributed by atoms with Crippen LogP contribution >= 0.6 is 38.9 Å². The zero-order valence-corrected chi connectivity index (χ0v) is 6.22. The van der Waals surface area contributed by atoms with E-state index in [1.54, 1.807) is 0 Å². The fraction of sp³-hybridized carbons (Fsp3) is 0. The summed E-state index contributed by atoms with van der Waals surface area (Å²) in [5.74, 6) is 0. The van der Waals surface area contributed by atoms with Crippen LogP contribution in [-0.2, 0) is 0 Å². The van der Waals surface area contributed by atoms with E-state index in [9.17, 15) is 0 Å². The topological polar surface area (TPSA) is 25.8 Å². The van der Waals surface area contributed by atoms with Crippen LogP contribution in [0, 0.1) is 0 Å². The van der Waals surface area contributed by atoms with Crippen molar-refractivity contribution in [3.05, 3.63) is 8.38 Å². The summed E-state index contributed by atoms with van der Waals surface area (Å²) in [7, 11) is 0. The van der Waals surface area contributed by atoms with Crippen LogP contribution in [0.5, 0.6) is 0 Å². The van der Waals surface area contributed by atoms with Crippen molar-refractivity contribution in [3.63, 3.8) is 0 Å². The second-order valence-electron chi connectivity index (χ2n) is 0.808. The van der Waals surface area contributed by atoms with Crippen LogP contribution in [0.2, 0.25) is 4.47 Å². The van der Waals surface area contributed by atoms with Crippen LogP contribution in [0.1, 0.15) is 0 Å². The van der Waals surface area contributed by atoms with Crippen molar-refractivity contribution in [3.8, 4) is 0 Å². The van der Waals surface area contributed by atoms with Crippen molar-refractivity contribution >= 4 is 38.9 Å². The number of hydrogen-bond acceptors (Lipinski definition) is 3. The van der Waals surface area contributed by atoms with E-state index in [1.807, 2.05) is 0 Å². The van der Waals surface area contributed by atoms with E-state index < -0.39 is 0 Å². The van der Waals surface area contributed by atoms with Gasteiger partial charge in [0.1, 0.15) is 0 Å². The summed E-state index contributed by atoms with van der Waals surface area (Å²) in [5, 5.41) is 7.07. The molecule has 7 heavy (non-hydrogen) atoms. The second-order valence-corrected chi connectivity index (χ2v) is 3.64. The molecule has 0 aromatic carbocycles. The predicted octanol–water partition coefficient (Wildman–Crippen LogP) is 1.95. The molecular weight excluding hydrogens is 199 g/mol. The van der Waals surface area contributed by atoms with Gasteiger partial charge in [-0.25, -0.2) is 0 Å². The monoisotopic (exact) mass is 198 g/mol. The highest BCUT2D eigenvalue weighted by Gasteiger charge is 1.92. The van der Waals surface area contributed by atoms with E-state index >= 15 is 0 Å². The molecule has 1 aromatic rings. The Morgan fingerprint density at radius 1 is 1.57 bits per heavy atom. The highest BCUT2D eigenvalue weighted by atomic mass is 79.9. The fourth-order valence-electron chi connectivity index (χ4n) is 0.189. The minimum absolute atomic E-state index is 0.465. The Labute approximate surface area is 57.7 Å². The van der Waals surface area contributed by atoms with Crippen LogP contribution in [0.15, 0.2) is 3.92 Å².